The first kappa shape index (κ1) is 17.7. The predicted octanol–water partition coefficient (Wildman–Crippen LogP) is 2.08. The van der Waals surface area contributed by atoms with E-state index in [-0.39, 0.29) is 17.8 Å². The molecule has 23 heavy (non-hydrogen) atoms. The molecule has 1 N–H and O–H groups in total. The zero-order chi connectivity index (χ0) is 17.0. The summed E-state index contributed by atoms with van der Waals surface area (Å²) < 4.78 is 4.89. The van der Waals surface area contributed by atoms with Crippen LogP contribution in [-0.4, -0.2) is 49.1 Å². The molecule has 1 aliphatic rings. The smallest absolute Gasteiger partial charge is 0.310 e. The lowest BCUT2D eigenvalue weighted by Gasteiger charge is -2.21. The molecule has 0 aliphatic carbocycles. The third-order valence-electron chi connectivity index (χ3n) is 4.12. The third-order valence-corrected chi connectivity index (χ3v) is 5.31. The molecule has 0 aromatic carbocycles. The van der Waals surface area contributed by atoms with Crippen LogP contribution < -0.4 is 5.32 Å². The minimum atomic E-state index is -0.142. The number of nitrogens with one attached hydrogen (secondary N) is 1. The van der Waals surface area contributed by atoms with E-state index in [9.17, 15) is 4.79 Å². The molecular formula is C16H26N4O2S. The Balaban J connectivity index is 1.94. The molecule has 1 aromatic rings. The molecule has 1 saturated heterocycles. The van der Waals surface area contributed by atoms with Gasteiger partial charge in [-0.1, -0.05) is 20.8 Å². The SMILES string of the molecule is CN=C(NCc1csc(C(C)C)n1)N1CC(C)C(C(=O)OC)C1. The van der Waals surface area contributed by atoms with Crippen LogP contribution in [0.25, 0.3) is 0 Å². The van der Waals surface area contributed by atoms with E-state index >= 15 is 0 Å². The first-order valence-electron chi connectivity index (χ1n) is 7.94. The van der Waals surface area contributed by atoms with E-state index in [4.69, 9.17) is 4.74 Å². The Morgan fingerprint density at radius 2 is 2.30 bits per heavy atom. The van der Waals surface area contributed by atoms with Gasteiger partial charge in [0.15, 0.2) is 5.96 Å². The van der Waals surface area contributed by atoms with Crippen molar-refractivity contribution in [3.8, 4) is 0 Å². The number of aliphatic imine (C=N–C) groups is 1. The van der Waals surface area contributed by atoms with Crippen molar-refractivity contribution in [1.29, 1.82) is 0 Å². The van der Waals surface area contributed by atoms with Gasteiger partial charge in [-0.15, -0.1) is 11.3 Å². The first-order valence-corrected chi connectivity index (χ1v) is 8.82. The molecule has 2 rings (SSSR count). The van der Waals surface area contributed by atoms with Crippen molar-refractivity contribution in [1.82, 2.24) is 15.2 Å². The van der Waals surface area contributed by atoms with Crippen LogP contribution in [0.3, 0.4) is 0 Å². The minimum Gasteiger partial charge on any atom is -0.469 e. The van der Waals surface area contributed by atoms with Gasteiger partial charge in [0.1, 0.15) is 0 Å². The number of hydrogen-bond donors (Lipinski definition) is 1. The van der Waals surface area contributed by atoms with Crippen molar-refractivity contribution in [3.05, 3.63) is 16.1 Å². The lowest BCUT2D eigenvalue weighted by molar-refractivity contribution is -0.145. The Morgan fingerprint density at radius 3 is 2.87 bits per heavy atom. The number of nitrogens with zero attached hydrogens (tertiary/aromatic N) is 3. The molecule has 1 aromatic heterocycles. The number of likely N-dealkylation sites (tertiary alicyclic amines) is 1. The molecule has 0 bridgehead atoms. The second-order valence-electron chi connectivity index (χ2n) is 6.24. The van der Waals surface area contributed by atoms with Gasteiger partial charge in [-0.25, -0.2) is 4.98 Å². The standard InChI is InChI=1S/C16H26N4O2S/c1-10(2)14-19-12(9-23-14)6-18-16(17-4)20-7-11(3)13(8-20)15(21)22-5/h9-11,13H,6-8H2,1-5H3,(H,17,18). The molecule has 1 fully saturated rings. The van der Waals surface area contributed by atoms with Gasteiger partial charge in [0.25, 0.3) is 0 Å². The van der Waals surface area contributed by atoms with E-state index < -0.39 is 0 Å². The Bertz CT molecular complexity index is 570. The largest absolute Gasteiger partial charge is 0.469 e. The Hall–Kier alpha value is -1.63. The fourth-order valence-corrected chi connectivity index (χ4v) is 3.60. The lowest BCUT2D eigenvalue weighted by atomic mass is 9.99. The molecule has 2 unspecified atom stereocenters. The van der Waals surface area contributed by atoms with E-state index in [0.717, 1.165) is 23.2 Å². The molecule has 6 nitrogen and oxygen atoms in total. The number of hydrogen-bond acceptors (Lipinski definition) is 5. The zero-order valence-corrected chi connectivity index (χ0v) is 15.3. The molecule has 0 spiro atoms. The summed E-state index contributed by atoms with van der Waals surface area (Å²) in [6.45, 7) is 8.45. The van der Waals surface area contributed by atoms with Crippen molar-refractivity contribution in [2.45, 2.75) is 33.2 Å². The van der Waals surface area contributed by atoms with E-state index in [1.807, 2.05) is 0 Å². The molecule has 1 aliphatic heterocycles. The van der Waals surface area contributed by atoms with E-state index in [2.05, 4.69) is 46.3 Å². The van der Waals surface area contributed by atoms with Crippen molar-refractivity contribution in [2.75, 3.05) is 27.2 Å². The quantitative estimate of drug-likeness (QED) is 0.517. The number of methoxy groups -OCH3 is 1. The van der Waals surface area contributed by atoms with Crippen LogP contribution in [0, 0.1) is 11.8 Å². The fourth-order valence-electron chi connectivity index (χ4n) is 2.77. The molecular weight excluding hydrogens is 312 g/mol. The highest BCUT2D eigenvalue weighted by atomic mass is 32.1. The monoisotopic (exact) mass is 338 g/mol. The van der Waals surface area contributed by atoms with Crippen LogP contribution in [0.1, 0.15) is 37.4 Å². The molecule has 0 amide bonds. The number of ether oxygens (including phenoxy) is 1. The summed E-state index contributed by atoms with van der Waals surface area (Å²) in [5.74, 6) is 1.28. The number of carbonyl (C=O) groups is 1. The van der Waals surface area contributed by atoms with E-state index in [1.165, 1.54) is 7.11 Å². The van der Waals surface area contributed by atoms with Crippen molar-refractivity contribution in [3.63, 3.8) is 0 Å². The van der Waals surface area contributed by atoms with Crippen LogP contribution in [0.4, 0.5) is 0 Å². The summed E-state index contributed by atoms with van der Waals surface area (Å²) in [5, 5.41) is 6.58. The highest BCUT2D eigenvalue weighted by Crippen LogP contribution is 2.24. The Kier molecular flexibility index (Phi) is 5.98. The minimum absolute atomic E-state index is 0.0923. The lowest BCUT2D eigenvalue weighted by Crippen LogP contribution is -2.40. The van der Waals surface area contributed by atoms with E-state index in [0.29, 0.717) is 19.0 Å². The fraction of sp³-hybridized carbons (Fsp3) is 0.688. The summed E-state index contributed by atoms with van der Waals surface area (Å²) in [4.78, 5) is 22.9. The summed E-state index contributed by atoms with van der Waals surface area (Å²) in [6, 6.07) is 0. The number of rotatable bonds is 4. The summed E-state index contributed by atoms with van der Waals surface area (Å²) in [5.41, 5.74) is 1.02. The number of esters is 1. The van der Waals surface area contributed by atoms with Crippen LogP contribution in [0.15, 0.2) is 10.4 Å². The maximum absolute atomic E-state index is 11.8. The maximum Gasteiger partial charge on any atom is 0.310 e. The second kappa shape index (κ2) is 7.77. The summed E-state index contributed by atoms with van der Waals surface area (Å²) >= 11 is 1.69. The number of carbonyl (C=O) groups excluding carboxylic acids is 1. The normalized spacial score (nSPS) is 21.8. The molecule has 2 atom stereocenters. The highest BCUT2D eigenvalue weighted by Gasteiger charge is 2.36. The molecule has 0 radical (unpaired) electrons. The van der Waals surface area contributed by atoms with Gasteiger partial charge < -0.3 is 15.0 Å². The van der Waals surface area contributed by atoms with Crippen LogP contribution >= 0.6 is 11.3 Å². The topological polar surface area (TPSA) is 66.8 Å². The Morgan fingerprint density at radius 1 is 1.57 bits per heavy atom. The van der Waals surface area contributed by atoms with Gasteiger partial charge in [-0.05, 0) is 5.92 Å². The first-order chi connectivity index (χ1) is 11.0. The summed E-state index contributed by atoms with van der Waals surface area (Å²) in [7, 11) is 3.21. The van der Waals surface area contributed by atoms with Crippen LogP contribution in [0.5, 0.6) is 0 Å². The van der Waals surface area contributed by atoms with Gasteiger partial charge in [0.2, 0.25) is 0 Å². The zero-order valence-electron chi connectivity index (χ0n) is 14.5. The van der Waals surface area contributed by atoms with E-state index in [1.54, 1.807) is 18.4 Å². The van der Waals surface area contributed by atoms with Gasteiger partial charge in [-0.3, -0.25) is 9.79 Å². The average molecular weight is 338 g/mol. The second-order valence-corrected chi connectivity index (χ2v) is 7.13. The van der Waals surface area contributed by atoms with Gasteiger partial charge in [-0.2, -0.15) is 0 Å². The molecule has 128 valence electrons. The third kappa shape index (κ3) is 4.22. The van der Waals surface area contributed by atoms with Gasteiger partial charge in [0.05, 0.1) is 30.3 Å². The molecule has 2 heterocycles. The number of guanidine groups is 1. The van der Waals surface area contributed by atoms with Gasteiger partial charge >= 0.3 is 5.97 Å². The molecule has 7 heteroatoms. The van der Waals surface area contributed by atoms with Crippen molar-refractivity contribution in [2.24, 2.45) is 16.8 Å². The highest BCUT2D eigenvalue weighted by molar-refractivity contribution is 7.09. The maximum atomic E-state index is 11.8. The number of thiazole rings is 1. The Labute approximate surface area is 142 Å². The van der Waals surface area contributed by atoms with Crippen LogP contribution in [0.2, 0.25) is 0 Å². The van der Waals surface area contributed by atoms with Crippen molar-refractivity contribution < 1.29 is 9.53 Å². The molecule has 0 saturated carbocycles. The summed E-state index contributed by atoms with van der Waals surface area (Å²) in [6.07, 6.45) is 0. The predicted molar refractivity (Wildman–Crippen MR) is 92.6 cm³/mol. The number of aromatic nitrogens is 1. The average Bonchev–Trinajstić information content (AvgIpc) is 3.14. The van der Waals surface area contributed by atoms with Gasteiger partial charge in [0, 0.05) is 31.4 Å². The van der Waals surface area contributed by atoms with Crippen molar-refractivity contribution >= 4 is 23.3 Å². The van der Waals surface area contributed by atoms with Crippen LogP contribution in [-0.2, 0) is 16.1 Å².